The topological polar surface area (TPSA) is 87.1 Å². The van der Waals surface area contributed by atoms with Crippen molar-refractivity contribution in [2.24, 2.45) is 0 Å². The number of anilines is 1. The van der Waals surface area contributed by atoms with Crippen molar-refractivity contribution >= 4 is 11.7 Å². The summed E-state index contributed by atoms with van der Waals surface area (Å²) >= 11 is 0. The van der Waals surface area contributed by atoms with Gasteiger partial charge in [-0.2, -0.15) is 5.26 Å². The fourth-order valence-corrected chi connectivity index (χ4v) is 0.884. The third kappa shape index (κ3) is 1.56. The third-order valence-electron chi connectivity index (χ3n) is 1.45. The normalized spacial score (nSPS) is 9.23. The van der Waals surface area contributed by atoms with E-state index in [1.807, 2.05) is 0 Å². The quantitative estimate of drug-likeness (QED) is 0.630. The lowest BCUT2D eigenvalue weighted by Crippen LogP contribution is -2.04. The predicted molar refractivity (Wildman–Crippen MR) is 42.5 cm³/mol. The van der Waals surface area contributed by atoms with Crippen LogP contribution in [-0.2, 0) is 0 Å². The molecule has 1 rings (SSSR count). The van der Waals surface area contributed by atoms with Crippen molar-refractivity contribution in [1.29, 1.82) is 5.26 Å². The molecular weight excluding hydrogens is 175 g/mol. The summed E-state index contributed by atoms with van der Waals surface area (Å²) in [7, 11) is 0. The Hall–Kier alpha value is -2.09. The van der Waals surface area contributed by atoms with Gasteiger partial charge < -0.3 is 10.8 Å². The number of nitrogens with two attached hydrogens (primary N) is 1. The van der Waals surface area contributed by atoms with Crippen LogP contribution in [0.2, 0.25) is 0 Å². The van der Waals surface area contributed by atoms with Crippen molar-refractivity contribution in [3.05, 3.63) is 29.1 Å². The molecule has 0 amide bonds. The van der Waals surface area contributed by atoms with Crippen molar-refractivity contribution in [3.8, 4) is 6.07 Å². The minimum absolute atomic E-state index is 0.0513. The lowest BCUT2D eigenvalue weighted by Gasteiger charge is -2.00. The molecule has 3 N–H and O–H groups in total. The molecule has 0 aromatic heterocycles. The number of benzene rings is 1. The van der Waals surface area contributed by atoms with E-state index in [1.165, 1.54) is 6.07 Å². The molecule has 0 aliphatic heterocycles. The maximum absolute atomic E-state index is 13.0. The van der Waals surface area contributed by atoms with E-state index in [2.05, 4.69) is 0 Å². The molecule has 1 aromatic carbocycles. The number of aromatic carboxylic acids is 1. The molecular formula is C8H5FN2O2. The van der Waals surface area contributed by atoms with Gasteiger partial charge in [0.1, 0.15) is 6.07 Å². The second-order valence-electron chi connectivity index (χ2n) is 2.35. The van der Waals surface area contributed by atoms with Crippen LogP contribution in [0.3, 0.4) is 0 Å². The molecule has 0 aliphatic carbocycles. The van der Waals surface area contributed by atoms with Gasteiger partial charge in [0.15, 0.2) is 5.82 Å². The Morgan fingerprint density at radius 1 is 1.62 bits per heavy atom. The number of nitrogens with zero attached hydrogens (tertiary/aromatic N) is 1. The van der Waals surface area contributed by atoms with Crippen LogP contribution in [0.15, 0.2) is 12.1 Å². The number of carboxylic acid groups (broad SMARTS) is 1. The SMILES string of the molecule is N#Cc1cc(N)cc(C(=O)O)c1F. The number of hydrogen-bond acceptors (Lipinski definition) is 3. The zero-order chi connectivity index (χ0) is 10.0. The molecule has 0 saturated carbocycles. The minimum atomic E-state index is -1.44. The van der Waals surface area contributed by atoms with Crippen molar-refractivity contribution in [2.45, 2.75) is 0 Å². The molecule has 0 unspecified atom stereocenters. The van der Waals surface area contributed by atoms with Gasteiger partial charge in [0.2, 0.25) is 0 Å². The van der Waals surface area contributed by atoms with Gasteiger partial charge in [-0.05, 0) is 12.1 Å². The first-order chi connectivity index (χ1) is 6.06. The van der Waals surface area contributed by atoms with Crippen molar-refractivity contribution in [3.63, 3.8) is 0 Å². The van der Waals surface area contributed by atoms with Crippen LogP contribution in [0.25, 0.3) is 0 Å². The molecule has 0 heterocycles. The average molecular weight is 180 g/mol. The highest BCUT2D eigenvalue weighted by Crippen LogP contribution is 2.16. The molecule has 4 nitrogen and oxygen atoms in total. The molecule has 0 atom stereocenters. The number of carbonyl (C=O) groups is 1. The van der Waals surface area contributed by atoms with Crippen LogP contribution in [0.4, 0.5) is 10.1 Å². The molecule has 1 aromatic rings. The number of nitrogen functional groups attached to an aromatic ring is 1. The predicted octanol–water partition coefficient (Wildman–Crippen LogP) is 0.978. The zero-order valence-corrected chi connectivity index (χ0v) is 6.41. The van der Waals surface area contributed by atoms with Crippen LogP contribution in [0.5, 0.6) is 0 Å². The lowest BCUT2D eigenvalue weighted by molar-refractivity contribution is 0.0692. The lowest BCUT2D eigenvalue weighted by atomic mass is 10.1. The Labute approximate surface area is 73.0 Å². The van der Waals surface area contributed by atoms with Crippen molar-refractivity contribution in [1.82, 2.24) is 0 Å². The van der Waals surface area contributed by atoms with Crippen LogP contribution in [0, 0.1) is 17.1 Å². The first-order valence-electron chi connectivity index (χ1n) is 3.28. The summed E-state index contributed by atoms with van der Waals surface area (Å²) in [5.74, 6) is -2.49. The van der Waals surface area contributed by atoms with Gasteiger partial charge in [0.25, 0.3) is 0 Å². The summed E-state index contributed by atoms with van der Waals surface area (Å²) in [6.07, 6.45) is 0. The fraction of sp³-hybridized carbons (Fsp3) is 0. The standard InChI is InChI=1S/C8H5FN2O2/c9-7-4(3-10)1-5(11)2-6(7)8(12)13/h1-2H,11H2,(H,12,13). The zero-order valence-electron chi connectivity index (χ0n) is 6.41. The number of rotatable bonds is 1. The molecule has 5 heteroatoms. The molecule has 0 bridgehead atoms. The number of hydrogen-bond donors (Lipinski definition) is 2. The van der Waals surface area contributed by atoms with E-state index in [1.54, 1.807) is 0 Å². The summed E-state index contributed by atoms with van der Waals surface area (Å²) < 4.78 is 13.0. The van der Waals surface area contributed by atoms with E-state index in [9.17, 15) is 9.18 Å². The summed E-state index contributed by atoms with van der Waals surface area (Å²) in [4.78, 5) is 10.4. The van der Waals surface area contributed by atoms with Crippen LogP contribution < -0.4 is 5.73 Å². The smallest absolute Gasteiger partial charge is 0.338 e. The van der Waals surface area contributed by atoms with E-state index >= 15 is 0 Å². The number of halogens is 1. The fourth-order valence-electron chi connectivity index (χ4n) is 0.884. The first kappa shape index (κ1) is 9.00. The van der Waals surface area contributed by atoms with E-state index in [0.717, 1.165) is 12.1 Å². The van der Waals surface area contributed by atoms with Gasteiger partial charge in [-0.25, -0.2) is 9.18 Å². The molecule has 0 radical (unpaired) electrons. The van der Waals surface area contributed by atoms with E-state index < -0.39 is 17.3 Å². The summed E-state index contributed by atoms with van der Waals surface area (Å²) in [6, 6.07) is 3.57. The number of carboxylic acids is 1. The molecule has 13 heavy (non-hydrogen) atoms. The van der Waals surface area contributed by atoms with Gasteiger partial charge in [-0.3, -0.25) is 0 Å². The molecule has 0 saturated heterocycles. The monoisotopic (exact) mass is 180 g/mol. The average Bonchev–Trinajstić information content (AvgIpc) is 2.08. The van der Waals surface area contributed by atoms with Gasteiger partial charge >= 0.3 is 5.97 Å². The Bertz CT molecular complexity index is 409. The van der Waals surface area contributed by atoms with Gasteiger partial charge in [0, 0.05) is 5.69 Å². The molecule has 0 spiro atoms. The van der Waals surface area contributed by atoms with Crippen LogP contribution >= 0.6 is 0 Å². The maximum Gasteiger partial charge on any atom is 0.338 e. The largest absolute Gasteiger partial charge is 0.478 e. The molecule has 0 aliphatic rings. The van der Waals surface area contributed by atoms with Gasteiger partial charge in [-0.1, -0.05) is 0 Å². The number of nitriles is 1. The Morgan fingerprint density at radius 3 is 2.69 bits per heavy atom. The van der Waals surface area contributed by atoms with Crippen LogP contribution in [0.1, 0.15) is 15.9 Å². The van der Waals surface area contributed by atoms with E-state index in [0.29, 0.717) is 0 Å². The highest BCUT2D eigenvalue weighted by molar-refractivity contribution is 5.89. The van der Waals surface area contributed by atoms with Gasteiger partial charge in [-0.15, -0.1) is 0 Å². The second kappa shape index (κ2) is 3.11. The van der Waals surface area contributed by atoms with Gasteiger partial charge in [0.05, 0.1) is 11.1 Å². The Balaban J connectivity index is 3.47. The first-order valence-corrected chi connectivity index (χ1v) is 3.28. The highest BCUT2D eigenvalue weighted by Gasteiger charge is 2.14. The minimum Gasteiger partial charge on any atom is -0.478 e. The van der Waals surface area contributed by atoms with Crippen LogP contribution in [-0.4, -0.2) is 11.1 Å². The summed E-state index contributed by atoms with van der Waals surface area (Å²) in [6.45, 7) is 0. The molecule has 0 fully saturated rings. The second-order valence-corrected chi connectivity index (χ2v) is 2.35. The highest BCUT2D eigenvalue weighted by atomic mass is 19.1. The molecule has 66 valence electrons. The Kier molecular flexibility index (Phi) is 2.15. The summed E-state index contributed by atoms with van der Waals surface area (Å²) in [5, 5.41) is 16.9. The van der Waals surface area contributed by atoms with Crippen molar-refractivity contribution in [2.75, 3.05) is 5.73 Å². The van der Waals surface area contributed by atoms with E-state index in [-0.39, 0.29) is 11.3 Å². The Morgan fingerprint density at radius 2 is 2.23 bits per heavy atom. The summed E-state index contributed by atoms with van der Waals surface area (Å²) in [5.41, 5.74) is 4.36. The van der Waals surface area contributed by atoms with E-state index in [4.69, 9.17) is 16.1 Å². The van der Waals surface area contributed by atoms with Crippen molar-refractivity contribution < 1.29 is 14.3 Å². The third-order valence-corrected chi connectivity index (χ3v) is 1.45. The maximum atomic E-state index is 13.0.